The molecule has 124 valence electrons. The molecular weight excluding hydrogens is 337 g/mol. The van der Waals surface area contributed by atoms with Gasteiger partial charge in [-0.3, -0.25) is 0 Å². The van der Waals surface area contributed by atoms with Crippen LogP contribution in [0.4, 0.5) is 4.79 Å². The van der Waals surface area contributed by atoms with Gasteiger partial charge in [0.15, 0.2) is 0 Å². The summed E-state index contributed by atoms with van der Waals surface area (Å²) in [6.45, 7) is 4.97. The van der Waals surface area contributed by atoms with Gasteiger partial charge < -0.3 is 14.8 Å². The molecule has 1 aromatic rings. The molecule has 1 aliphatic carbocycles. The van der Waals surface area contributed by atoms with Gasteiger partial charge in [0.05, 0.1) is 15.5 Å². The Morgan fingerprint density at radius 2 is 2.13 bits per heavy atom. The highest BCUT2D eigenvalue weighted by atomic mass is 35.5. The van der Waals surface area contributed by atoms with Crippen molar-refractivity contribution in [3.63, 3.8) is 0 Å². The summed E-state index contributed by atoms with van der Waals surface area (Å²) in [5, 5.41) is 10.2. The molecule has 1 saturated carbocycles. The molecule has 6 heteroatoms. The molecule has 2 fully saturated rings. The summed E-state index contributed by atoms with van der Waals surface area (Å²) < 4.78 is 0. The van der Waals surface area contributed by atoms with Crippen LogP contribution in [-0.4, -0.2) is 35.5 Å². The molecule has 0 spiro atoms. The van der Waals surface area contributed by atoms with Crippen LogP contribution in [0, 0.1) is 17.3 Å². The Morgan fingerprint density at radius 3 is 2.65 bits per heavy atom. The predicted molar refractivity (Wildman–Crippen MR) is 89.2 cm³/mol. The van der Waals surface area contributed by atoms with Gasteiger partial charge in [-0.25, -0.2) is 4.79 Å². The van der Waals surface area contributed by atoms with Crippen LogP contribution in [0.3, 0.4) is 0 Å². The van der Waals surface area contributed by atoms with Crippen molar-refractivity contribution in [1.82, 2.24) is 4.90 Å². The van der Waals surface area contributed by atoms with Crippen LogP contribution in [0.2, 0.25) is 10.0 Å². The minimum atomic E-state index is -0.922. The molecule has 1 aliphatic heterocycles. The minimum Gasteiger partial charge on any atom is -0.465 e. The van der Waals surface area contributed by atoms with E-state index in [9.17, 15) is 14.7 Å². The second kappa shape index (κ2) is 5.38. The van der Waals surface area contributed by atoms with E-state index in [1.54, 1.807) is 12.1 Å². The van der Waals surface area contributed by atoms with Gasteiger partial charge in [-0.1, -0.05) is 43.1 Å². The first-order valence-corrected chi connectivity index (χ1v) is 8.44. The maximum Gasteiger partial charge on any atom is 0.407 e. The van der Waals surface area contributed by atoms with Crippen molar-refractivity contribution in [2.75, 3.05) is 13.1 Å². The molecule has 3 atom stereocenters. The average Bonchev–Trinajstić information content (AvgIpc) is 2.79. The zero-order valence-corrected chi connectivity index (χ0v) is 14.6. The standard InChI is InChI=1S/C17H19Cl2NO3/c1-10(2)6-16-8-20(15(22)23)7-14(16)17(16,9-21)11-3-4-12(18)13(19)5-11/h3-5,9-10,14H,6-8H2,1-2H3,(H,22,23). The lowest BCUT2D eigenvalue weighted by molar-refractivity contribution is -0.111. The Morgan fingerprint density at radius 1 is 1.43 bits per heavy atom. The molecule has 2 aliphatic rings. The maximum absolute atomic E-state index is 12.1. The van der Waals surface area contributed by atoms with Crippen molar-refractivity contribution < 1.29 is 14.7 Å². The first-order chi connectivity index (χ1) is 10.8. The van der Waals surface area contributed by atoms with Crippen molar-refractivity contribution in [2.24, 2.45) is 17.3 Å². The third-order valence-corrected chi connectivity index (χ3v) is 6.20. The number of fused-ring (bicyclic) bond motifs is 1. The molecule has 1 amide bonds. The number of hydrogen-bond donors (Lipinski definition) is 1. The average molecular weight is 356 g/mol. The van der Waals surface area contributed by atoms with E-state index in [0.29, 0.717) is 29.1 Å². The fraction of sp³-hybridized carbons (Fsp3) is 0.529. The van der Waals surface area contributed by atoms with Gasteiger partial charge in [-0.15, -0.1) is 0 Å². The predicted octanol–water partition coefficient (Wildman–Crippen LogP) is 4.09. The van der Waals surface area contributed by atoms with Crippen molar-refractivity contribution in [3.8, 4) is 0 Å². The first kappa shape index (κ1) is 16.6. The number of likely N-dealkylation sites (tertiary alicyclic amines) is 1. The molecule has 23 heavy (non-hydrogen) atoms. The number of halogens is 2. The Kier molecular flexibility index (Phi) is 3.88. The van der Waals surface area contributed by atoms with Crippen LogP contribution in [0.1, 0.15) is 25.8 Å². The van der Waals surface area contributed by atoms with Crippen LogP contribution >= 0.6 is 23.2 Å². The Bertz CT molecular complexity index is 678. The van der Waals surface area contributed by atoms with Crippen molar-refractivity contribution >= 4 is 35.6 Å². The number of benzene rings is 1. The lowest BCUT2D eigenvalue weighted by atomic mass is 9.81. The van der Waals surface area contributed by atoms with Gasteiger partial charge >= 0.3 is 6.09 Å². The maximum atomic E-state index is 12.1. The Hall–Kier alpha value is -1.26. The number of rotatable bonds is 4. The Labute approximate surface area is 145 Å². The van der Waals surface area contributed by atoms with E-state index in [4.69, 9.17) is 23.2 Å². The first-order valence-electron chi connectivity index (χ1n) is 7.68. The molecule has 1 aromatic carbocycles. The van der Waals surface area contributed by atoms with Crippen LogP contribution in [0.25, 0.3) is 0 Å². The van der Waals surface area contributed by atoms with E-state index in [1.807, 2.05) is 6.07 Å². The van der Waals surface area contributed by atoms with Gasteiger partial charge in [0.2, 0.25) is 0 Å². The molecule has 0 aromatic heterocycles. The number of aldehydes is 1. The van der Waals surface area contributed by atoms with Crippen molar-refractivity contribution in [3.05, 3.63) is 33.8 Å². The number of hydrogen-bond acceptors (Lipinski definition) is 2. The quantitative estimate of drug-likeness (QED) is 0.827. The van der Waals surface area contributed by atoms with Gasteiger partial charge in [-0.05, 0) is 30.0 Å². The number of carbonyl (C=O) groups excluding carboxylic acids is 1. The summed E-state index contributed by atoms with van der Waals surface area (Å²) >= 11 is 12.1. The molecule has 3 unspecified atom stereocenters. The number of piperidine rings is 1. The number of carbonyl (C=O) groups is 2. The summed E-state index contributed by atoms with van der Waals surface area (Å²) in [5.74, 6) is 0.374. The third kappa shape index (κ3) is 2.18. The second-order valence-electron chi connectivity index (χ2n) is 7.09. The van der Waals surface area contributed by atoms with E-state index in [-0.39, 0.29) is 11.3 Å². The van der Waals surface area contributed by atoms with Gasteiger partial charge in [0.25, 0.3) is 0 Å². The number of amides is 1. The van der Waals surface area contributed by atoms with E-state index >= 15 is 0 Å². The topological polar surface area (TPSA) is 57.6 Å². The molecular formula is C17H19Cl2NO3. The summed E-state index contributed by atoms with van der Waals surface area (Å²) in [5.41, 5.74) is -0.145. The van der Waals surface area contributed by atoms with Crippen molar-refractivity contribution in [1.29, 1.82) is 0 Å². The minimum absolute atomic E-state index is 0.00300. The largest absolute Gasteiger partial charge is 0.465 e. The van der Waals surface area contributed by atoms with Gasteiger partial charge in [-0.2, -0.15) is 0 Å². The smallest absolute Gasteiger partial charge is 0.407 e. The van der Waals surface area contributed by atoms with E-state index < -0.39 is 11.5 Å². The second-order valence-corrected chi connectivity index (χ2v) is 7.90. The van der Waals surface area contributed by atoms with Crippen LogP contribution in [0.5, 0.6) is 0 Å². The van der Waals surface area contributed by atoms with Crippen LogP contribution < -0.4 is 0 Å². The molecule has 1 heterocycles. The highest BCUT2D eigenvalue weighted by molar-refractivity contribution is 6.42. The lowest BCUT2D eigenvalue weighted by Gasteiger charge is -2.28. The number of nitrogens with zero attached hydrogens (tertiary/aromatic N) is 1. The lowest BCUT2D eigenvalue weighted by Crippen LogP contribution is -2.38. The highest BCUT2D eigenvalue weighted by Gasteiger charge is 2.80. The van der Waals surface area contributed by atoms with Gasteiger partial charge in [0.1, 0.15) is 6.29 Å². The molecule has 0 radical (unpaired) electrons. The number of carboxylic acid groups (broad SMARTS) is 1. The summed E-state index contributed by atoms with van der Waals surface area (Å²) in [4.78, 5) is 24.9. The SMILES string of the molecule is CC(C)CC12CN(C(=O)O)CC1C2(C=O)c1ccc(Cl)c(Cl)c1. The molecule has 4 nitrogen and oxygen atoms in total. The molecule has 1 N–H and O–H groups in total. The van der Waals surface area contributed by atoms with E-state index in [0.717, 1.165) is 18.3 Å². The summed E-state index contributed by atoms with van der Waals surface area (Å²) in [7, 11) is 0. The summed E-state index contributed by atoms with van der Waals surface area (Å²) in [6.07, 6.45) is 0.883. The van der Waals surface area contributed by atoms with Gasteiger partial charge in [0, 0.05) is 24.4 Å². The molecule has 0 bridgehead atoms. The van der Waals surface area contributed by atoms with E-state index in [1.165, 1.54) is 4.90 Å². The fourth-order valence-electron chi connectivity index (χ4n) is 4.66. The monoisotopic (exact) mass is 355 g/mol. The normalized spacial score (nSPS) is 32.0. The zero-order chi connectivity index (χ0) is 17.0. The fourth-order valence-corrected chi connectivity index (χ4v) is 4.96. The Balaban J connectivity index is 2.04. The van der Waals surface area contributed by atoms with Crippen LogP contribution in [0.15, 0.2) is 18.2 Å². The third-order valence-electron chi connectivity index (χ3n) is 5.46. The van der Waals surface area contributed by atoms with Crippen LogP contribution in [-0.2, 0) is 10.2 Å². The summed E-state index contributed by atoms with van der Waals surface area (Å²) in [6, 6.07) is 5.30. The van der Waals surface area contributed by atoms with Crippen molar-refractivity contribution in [2.45, 2.75) is 25.7 Å². The molecule has 3 rings (SSSR count). The molecule has 1 saturated heterocycles. The van der Waals surface area contributed by atoms with E-state index in [2.05, 4.69) is 13.8 Å². The zero-order valence-electron chi connectivity index (χ0n) is 13.1. The highest BCUT2D eigenvalue weighted by Crippen LogP contribution is 2.74.